The minimum Gasteiger partial charge on any atom is -0.369 e. The quantitative estimate of drug-likeness (QED) is 0.109. The van der Waals surface area contributed by atoms with Crippen LogP contribution in [0.15, 0.2) is 162 Å². The number of guanidine groups is 1. The van der Waals surface area contributed by atoms with Crippen LogP contribution in [0.3, 0.4) is 0 Å². The number of hydrogen-bond donors (Lipinski definition) is 1. The molecule has 5 nitrogen and oxygen atoms in total. The third-order valence-corrected chi connectivity index (χ3v) is 13.0. The first-order valence-electron chi connectivity index (χ1n) is 19.0. The number of nitriles is 1. The van der Waals surface area contributed by atoms with Crippen molar-refractivity contribution in [1.82, 2.24) is 4.57 Å². The summed E-state index contributed by atoms with van der Waals surface area (Å²) in [4.78, 5) is 7.56. The monoisotopic (exact) mass is 729 g/mol. The van der Waals surface area contributed by atoms with Crippen LogP contribution in [0.2, 0.25) is 0 Å². The highest BCUT2D eigenvalue weighted by Gasteiger charge is 2.46. The Morgan fingerprint density at radius 3 is 2.56 bits per heavy atom. The van der Waals surface area contributed by atoms with E-state index < -0.39 is 0 Å². The molecule has 266 valence electrons. The summed E-state index contributed by atoms with van der Waals surface area (Å²) < 4.78 is 2.61. The zero-order valence-electron chi connectivity index (χ0n) is 30.8. The van der Waals surface area contributed by atoms with Crippen LogP contribution >= 0.6 is 8.58 Å². The van der Waals surface area contributed by atoms with Gasteiger partial charge in [0.05, 0.1) is 35.1 Å². The zero-order valence-corrected chi connectivity index (χ0v) is 31.8. The number of fused-ring (bicyclic) bond motifs is 10. The molecule has 55 heavy (non-hydrogen) atoms. The predicted molar refractivity (Wildman–Crippen MR) is 230 cm³/mol. The second-order valence-corrected chi connectivity index (χ2v) is 16.5. The maximum atomic E-state index is 9.80. The molecule has 2 N–H and O–H groups in total. The van der Waals surface area contributed by atoms with Crippen LogP contribution in [0.4, 0.5) is 5.69 Å². The van der Waals surface area contributed by atoms with Gasteiger partial charge in [-0.05, 0) is 69.6 Å². The van der Waals surface area contributed by atoms with Crippen molar-refractivity contribution in [3.63, 3.8) is 0 Å². The molecule has 0 amide bonds. The van der Waals surface area contributed by atoms with E-state index in [1.165, 1.54) is 55.3 Å². The van der Waals surface area contributed by atoms with Gasteiger partial charge in [-0.2, -0.15) is 5.26 Å². The van der Waals surface area contributed by atoms with E-state index in [0.717, 1.165) is 23.4 Å². The smallest absolute Gasteiger partial charge is 0.201 e. The SMILES string of the molecule is CC1(C)C2=CC(n3c4c(c5ccccc53)C=CC3c5ccccc5N(C(N)=N/C(=C\Pc5ccccc5)c5cccc(C#N)c5)C43)CC=C2c2ccccc21. The highest BCUT2D eigenvalue weighted by molar-refractivity contribution is 7.50. The predicted octanol–water partition coefficient (Wildman–Crippen LogP) is 10.7. The summed E-state index contributed by atoms with van der Waals surface area (Å²) in [6.07, 6.45) is 10.6. The number of rotatable bonds is 5. The van der Waals surface area contributed by atoms with Gasteiger partial charge >= 0.3 is 0 Å². The van der Waals surface area contributed by atoms with Crippen LogP contribution in [0, 0.1) is 11.3 Å². The summed E-state index contributed by atoms with van der Waals surface area (Å²) >= 11 is 0. The molecule has 0 saturated carbocycles. The molecule has 6 aromatic rings. The molecule has 10 rings (SSSR count). The standard InChI is InChI=1S/C49H40N5P/c1-49(2)41-20-9-6-17-35(41)36-24-23-33(28-42(36)49)53-44-21-10-7-18-37(44)39-25-26-40-38-19-8-11-22-45(38)54(47(40)46(39)53)48(51)52-43(30-55-34-15-4-3-5-16-34)32-14-12-13-31(27-32)29-50/h3-22,24-28,30,33,40,47,55H,23H2,1-2H3,(H2,51,52)/b43-30-. The summed E-state index contributed by atoms with van der Waals surface area (Å²) in [5.74, 6) is 2.66. The van der Waals surface area contributed by atoms with E-state index in [-0.39, 0.29) is 23.4 Å². The van der Waals surface area contributed by atoms with Crippen LogP contribution in [0.25, 0.3) is 28.2 Å². The second kappa shape index (κ2) is 13.0. The van der Waals surface area contributed by atoms with E-state index in [4.69, 9.17) is 10.7 Å². The lowest BCUT2D eigenvalue weighted by atomic mass is 9.79. The van der Waals surface area contributed by atoms with Gasteiger partial charge in [-0.15, -0.1) is 0 Å². The molecule has 3 aliphatic carbocycles. The minimum absolute atomic E-state index is 0.0792. The largest absolute Gasteiger partial charge is 0.369 e. The fourth-order valence-electron chi connectivity index (χ4n) is 9.46. The van der Waals surface area contributed by atoms with E-state index in [1.54, 1.807) is 0 Å². The first-order chi connectivity index (χ1) is 26.9. The molecule has 4 unspecified atom stereocenters. The first-order valence-corrected chi connectivity index (χ1v) is 20.1. The lowest BCUT2D eigenvalue weighted by Gasteiger charge is -2.35. The van der Waals surface area contributed by atoms with Crippen LogP contribution in [0.5, 0.6) is 0 Å². The summed E-state index contributed by atoms with van der Waals surface area (Å²) in [6, 6.07) is 46.8. The highest BCUT2D eigenvalue weighted by atomic mass is 31.1. The molecule has 5 aromatic carbocycles. The van der Waals surface area contributed by atoms with Gasteiger partial charge in [0.1, 0.15) is 0 Å². The van der Waals surface area contributed by atoms with Crippen molar-refractivity contribution in [1.29, 1.82) is 5.26 Å². The molecule has 4 atom stereocenters. The molecule has 6 heteroatoms. The number of anilines is 1. The van der Waals surface area contributed by atoms with E-state index in [2.05, 4.69) is 157 Å². The minimum atomic E-state index is -0.116. The number of benzene rings is 5. The van der Waals surface area contributed by atoms with Crippen LogP contribution < -0.4 is 15.9 Å². The third kappa shape index (κ3) is 5.28. The average Bonchev–Trinajstić information content (AvgIpc) is 3.83. The third-order valence-electron chi connectivity index (χ3n) is 11.9. The fourth-order valence-corrected chi connectivity index (χ4v) is 10.4. The molecule has 0 fully saturated rings. The average molecular weight is 730 g/mol. The molecule has 0 spiro atoms. The van der Waals surface area contributed by atoms with Gasteiger partial charge < -0.3 is 15.2 Å². The fraction of sp³-hybridized carbons (Fsp3) is 0.143. The normalized spacial score (nSPS) is 20.7. The Bertz CT molecular complexity index is 2740. The van der Waals surface area contributed by atoms with Gasteiger partial charge in [-0.1, -0.05) is 150 Å². The Kier molecular flexibility index (Phi) is 7.87. The van der Waals surface area contributed by atoms with E-state index in [9.17, 15) is 5.26 Å². The Labute approximate surface area is 323 Å². The van der Waals surface area contributed by atoms with Gasteiger partial charge in [-0.25, -0.2) is 4.99 Å². The maximum Gasteiger partial charge on any atom is 0.201 e. The van der Waals surface area contributed by atoms with E-state index in [0.29, 0.717) is 20.1 Å². The second-order valence-electron chi connectivity index (χ2n) is 15.3. The van der Waals surface area contributed by atoms with Gasteiger partial charge in [0.2, 0.25) is 5.96 Å². The van der Waals surface area contributed by atoms with Crippen LogP contribution in [-0.2, 0) is 5.41 Å². The summed E-state index contributed by atoms with van der Waals surface area (Å²) in [5, 5.41) is 12.3. The maximum absolute atomic E-state index is 9.80. The Balaban J connectivity index is 1.14. The number of nitrogens with two attached hydrogens (primary N) is 1. The number of hydrogen-bond acceptors (Lipinski definition) is 2. The van der Waals surface area contributed by atoms with E-state index >= 15 is 0 Å². The van der Waals surface area contributed by atoms with Gasteiger partial charge in [0.25, 0.3) is 0 Å². The Morgan fingerprint density at radius 2 is 1.69 bits per heavy atom. The Morgan fingerprint density at radius 1 is 0.909 bits per heavy atom. The van der Waals surface area contributed by atoms with Crippen molar-refractivity contribution < 1.29 is 0 Å². The lowest BCUT2D eigenvalue weighted by Crippen LogP contribution is -2.40. The van der Waals surface area contributed by atoms with Crippen molar-refractivity contribution in [2.24, 2.45) is 10.7 Å². The molecule has 0 radical (unpaired) electrons. The van der Waals surface area contributed by atoms with Gasteiger partial charge in [-0.3, -0.25) is 0 Å². The molecule has 0 bridgehead atoms. The highest BCUT2D eigenvalue weighted by Crippen LogP contribution is 2.57. The van der Waals surface area contributed by atoms with Gasteiger partial charge in [0, 0.05) is 39.1 Å². The van der Waals surface area contributed by atoms with Crippen molar-refractivity contribution in [3.8, 4) is 6.07 Å². The molecular weight excluding hydrogens is 690 g/mol. The number of allylic oxidation sites excluding steroid dienone is 4. The number of nitrogens with zero attached hydrogens (tertiary/aromatic N) is 4. The van der Waals surface area contributed by atoms with Crippen molar-refractivity contribution >= 4 is 53.8 Å². The van der Waals surface area contributed by atoms with Crippen LogP contribution in [-0.4, -0.2) is 10.5 Å². The number of para-hydroxylation sites is 2. The number of aromatic nitrogens is 1. The topological polar surface area (TPSA) is 70.3 Å². The summed E-state index contributed by atoms with van der Waals surface area (Å²) in [6.45, 7) is 4.73. The molecule has 0 saturated heterocycles. The van der Waals surface area contributed by atoms with Crippen molar-refractivity contribution in [2.45, 2.75) is 43.7 Å². The zero-order chi connectivity index (χ0) is 37.3. The summed E-state index contributed by atoms with van der Waals surface area (Å²) in [7, 11) is 0.376. The van der Waals surface area contributed by atoms with Crippen molar-refractivity contribution in [2.75, 3.05) is 4.90 Å². The lowest BCUT2D eigenvalue weighted by molar-refractivity contribution is 0.539. The molecule has 1 aromatic heterocycles. The van der Waals surface area contributed by atoms with Crippen LogP contribution in [0.1, 0.15) is 77.3 Å². The number of aliphatic imine (C=N–C) groups is 1. The Hall–Kier alpha value is -6.21. The molecule has 4 aliphatic rings. The summed E-state index contributed by atoms with van der Waals surface area (Å²) in [5.41, 5.74) is 21.0. The van der Waals surface area contributed by atoms with Crippen molar-refractivity contribution in [3.05, 3.63) is 196 Å². The van der Waals surface area contributed by atoms with E-state index in [1.807, 2.05) is 30.3 Å². The molecular formula is C49H40N5P. The van der Waals surface area contributed by atoms with Gasteiger partial charge in [0.15, 0.2) is 0 Å². The molecule has 2 heterocycles. The first kappa shape index (κ1) is 33.4. The molecule has 1 aliphatic heterocycles.